The van der Waals surface area contributed by atoms with Crippen molar-refractivity contribution in [1.82, 2.24) is 0 Å². The SMILES string of the molecule is CC(C)=O.[Br-].[Br-].[Br-].[Cu+].[Cu+].[Cu+].c1ccc(P(CCP(c2ccccc2)c2ccccc2)c2ccccc2)cc1.c1ccc(P(CCP(c2ccccc2)c2ccccc2)c2ccccc2)cc1.c1ccc(P(CCP(c2ccccc2)c2ccccc2)c2ccccc2)cc1. The topological polar surface area (TPSA) is 17.1 Å². The van der Waals surface area contributed by atoms with Gasteiger partial charge in [-0.25, -0.2) is 0 Å². The van der Waals surface area contributed by atoms with Crippen LogP contribution in [0.2, 0.25) is 0 Å². The van der Waals surface area contributed by atoms with Gasteiger partial charge in [0, 0.05) is 0 Å². The van der Waals surface area contributed by atoms with Crippen molar-refractivity contribution < 1.29 is 107 Å². The number of halogens is 3. The van der Waals surface area contributed by atoms with Gasteiger partial charge >= 0.3 is 51.2 Å². The summed E-state index contributed by atoms with van der Waals surface area (Å²) >= 11 is 0. The Balaban J connectivity index is 0.000000346. The Labute approximate surface area is 632 Å². The van der Waals surface area contributed by atoms with Gasteiger partial charge in [-0.1, -0.05) is 364 Å². The summed E-state index contributed by atoms with van der Waals surface area (Å²) in [4.78, 5) is 9.44. The average Bonchev–Trinajstić information content (AvgIpc) is 0.876. The van der Waals surface area contributed by atoms with Crippen molar-refractivity contribution >= 4 is 117 Å². The molecular weight excluding hydrogens is 1610 g/mol. The first-order valence-electron chi connectivity index (χ1n) is 30.2. The van der Waals surface area contributed by atoms with E-state index in [0.29, 0.717) is 0 Å². The molecule has 0 heterocycles. The quantitative estimate of drug-likeness (QED) is 0.0544. The van der Waals surface area contributed by atoms with E-state index in [4.69, 9.17) is 0 Å². The normalized spacial score (nSPS) is 10.2. The van der Waals surface area contributed by atoms with Crippen molar-refractivity contribution in [3.05, 3.63) is 364 Å². The smallest absolute Gasteiger partial charge is 1.00 e. The molecule has 13 heteroatoms. The number of Topliss-reactive ketones (excluding diaryl/α,β-unsaturated/α-hetero) is 1. The first-order chi connectivity index (χ1) is 43.5. The molecule has 0 aliphatic carbocycles. The van der Waals surface area contributed by atoms with Crippen LogP contribution in [0.1, 0.15) is 13.8 Å². The second kappa shape index (κ2) is 48.6. The van der Waals surface area contributed by atoms with Crippen LogP contribution in [-0.2, 0) is 56.0 Å². The van der Waals surface area contributed by atoms with Gasteiger partial charge in [0.15, 0.2) is 0 Å². The van der Waals surface area contributed by atoms with E-state index in [9.17, 15) is 4.79 Å². The van der Waals surface area contributed by atoms with Crippen LogP contribution in [0.25, 0.3) is 0 Å². The first-order valence-corrected chi connectivity index (χ1v) is 39.4. The van der Waals surface area contributed by atoms with E-state index < -0.39 is 0 Å². The van der Waals surface area contributed by atoms with Crippen molar-refractivity contribution in [2.75, 3.05) is 37.0 Å². The summed E-state index contributed by atoms with van der Waals surface area (Å²) in [6.45, 7) is 3.06. The molecule has 0 N–H and O–H groups in total. The Morgan fingerprint density at radius 3 is 0.309 bits per heavy atom. The summed E-state index contributed by atoms with van der Waals surface area (Å²) in [6.07, 6.45) is 7.24. The fraction of sp³-hybridized carbons (Fsp3) is 0.0988. The van der Waals surface area contributed by atoms with Crippen LogP contribution in [0, 0.1) is 0 Å². The van der Waals surface area contributed by atoms with Crippen molar-refractivity contribution in [2.45, 2.75) is 13.8 Å². The van der Waals surface area contributed by atoms with Gasteiger partial charge in [0.2, 0.25) is 0 Å². The Kier molecular flexibility index (Phi) is 43.5. The van der Waals surface area contributed by atoms with E-state index in [1.807, 2.05) is 0 Å². The molecule has 0 radical (unpaired) electrons. The Hall–Kier alpha value is -4.11. The molecule has 0 unspecified atom stereocenters. The summed E-state index contributed by atoms with van der Waals surface area (Å²) in [5.74, 6) is 0.167. The van der Waals surface area contributed by atoms with Crippen LogP contribution < -0.4 is 115 Å². The Morgan fingerprint density at radius 2 is 0.245 bits per heavy atom. The molecule has 0 fully saturated rings. The summed E-state index contributed by atoms with van der Waals surface area (Å²) in [5, 5.41) is 17.7. The molecule has 94 heavy (non-hydrogen) atoms. The zero-order valence-electron chi connectivity index (χ0n) is 52.5. The second-order valence-electron chi connectivity index (χ2n) is 20.8. The number of hydrogen-bond acceptors (Lipinski definition) is 1. The van der Waals surface area contributed by atoms with Crippen molar-refractivity contribution in [1.29, 1.82) is 0 Å². The molecule has 12 aromatic rings. The van der Waals surface area contributed by atoms with E-state index in [1.54, 1.807) is 0 Å². The zero-order chi connectivity index (χ0) is 60.6. The molecule has 0 saturated carbocycles. The molecule has 0 bridgehead atoms. The molecule has 492 valence electrons. The van der Waals surface area contributed by atoms with Crippen molar-refractivity contribution in [3.8, 4) is 0 Å². The third-order valence-corrected chi connectivity index (χ3v) is 30.6. The van der Waals surface area contributed by atoms with Gasteiger partial charge in [0.1, 0.15) is 5.78 Å². The molecular formula is C81H78Br3Cu3OP6. The van der Waals surface area contributed by atoms with E-state index in [-0.39, 0.29) is 155 Å². The van der Waals surface area contributed by atoms with Crippen molar-refractivity contribution in [2.24, 2.45) is 0 Å². The Morgan fingerprint density at radius 1 is 0.181 bits per heavy atom. The minimum absolute atomic E-state index is 0. The molecule has 12 aromatic carbocycles. The van der Waals surface area contributed by atoms with E-state index in [0.717, 1.165) is 0 Å². The standard InChI is InChI=1S/3C26H24P2.C3H6O.3BrH.3Cu/c3*1-5-13-23(14-6-1)27(24-15-7-2-8-16-24)21-22-28(25-17-9-3-10-18-25)26-19-11-4-12-20-26;1-3(2)4;;;;;;/h3*1-20H,21-22H2;1-2H3;3*1H;;;/q;;;;;;;3*+1/p-3. The van der Waals surface area contributed by atoms with Gasteiger partial charge in [-0.05, 0) is 162 Å². The number of carbonyl (C=O) groups is 1. The maximum atomic E-state index is 9.44. The van der Waals surface area contributed by atoms with E-state index in [2.05, 4.69) is 364 Å². The molecule has 0 aliphatic heterocycles. The molecule has 0 amide bonds. The van der Waals surface area contributed by atoms with Crippen LogP contribution in [0.5, 0.6) is 0 Å². The number of rotatable bonds is 21. The van der Waals surface area contributed by atoms with E-state index >= 15 is 0 Å². The average molecular weight is 1680 g/mol. The van der Waals surface area contributed by atoms with Crippen LogP contribution >= 0.6 is 47.5 Å². The molecule has 1 nitrogen and oxygen atoms in total. The maximum absolute atomic E-state index is 9.44. The molecule has 0 atom stereocenters. The monoisotopic (exact) mass is 1680 g/mol. The third kappa shape index (κ3) is 27.7. The number of benzene rings is 12. The number of hydrogen-bond donors (Lipinski definition) is 0. The predicted molar refractivity (Wildman–Crippen MR) is 400 cm³/mol. The zero-order valence-corrected chi connectivity index (χ0v) is 65.5. The summed E-state index contributed by atoms with van der Waals surface area (Å²) < 4.78 is 0. The maximum Gasteiger partial charge on any atom is 1.00 e. The minimum atomic E-state index is -0.348. The number of ketones is 1. The van der Waals surface area contributed by atoms with Crippen LogP contribution in [0.3, 0.4) is 0 Å². The van der Waals surface area contributed by atoms with Gasteiger partial charge in [0.05, 0.1) is 0 Å². The van der Waals surface area contributed by atoms with Crippen LogP contribution in [0.15, 0.2) is 364 Å². The summed E-state index contributed by atoms with van der Waals surface area (Å²) in [5.41, 5.74) is 0. The first kappa shape index (κ1) is 84.1. The Bertz CT molecular complexity index is 2920. The number of carbonyl (C=O) groups excluding carboxylic acids is 1. The molecule has 0 aliphatic rings. The molecule has 0 aromatic heterocycles. The van der Waals surface area contributed by atoms with Gasteiger partial charge in [-0.15, -0.1) is 0 Å². The summed E-state index contributed by atoms with van der Waals surface area (Å²) in [7, 11) is -2.09. The van der Waals surface area contributed by atoms with Crippen LogP contribution in [-0.4, -0.2) is 42.8 Å². The fourth-order valence-electron chi connectivity index (χ4n) is 10.3. The van der Waals surface area contributed by atoms with Gasteiger partial charge in [-0.2, -0.15) is 0 Å². The molecule has 0 spiro atoms. The third-order valence-electron chi connectivity index (χ3n) is 14.5. The van der Waals surface area contributed by atoms with Gasteiger partial charge in [0.25, 0.3) is 0 Å². The van der Waals surface area contributed by atoms with Crippen molar-refractivity contribution in [3.63, 3.8) is 0 Å². The molecule has 0 saturated heterocycles. The fourth-order valence-corrected chi connectivity index (χ4v) is 26.4. The largest absolute Gasteiger partial charge is 1.00 e. The second-order valence-corrected chi connectivity index (χ2v) is 34.9. The minimum Gasteiger partial charge on any atom is -1.00 e. The summed E-state index contributed by atoms with van der Waals surface area (Å²) in [6, 6.07) is 133. The van der Waals surface area contributed by atoms with Crippen LogP contribution in [0.4, 0.5) is 0 Å². The van der Waals surface area contributed by atoms with Gasteiger partial charge in [-0.3, -0.25) is 0 Å². The predicted octanol–water partition coefficient (Wildman–Crippen LogP) is 7.36. The van der Waals surface area contributed by atoms with E-state index in [1.165, 1.54) is 114 Å². The van der Waals surface area contributed by atoms with Gasteiger partial charge < -0.3 is 55.7 Å². The molecule has 12 rings (SSSR count).